The molecule has 1 rings (SSSR count). The normalized spacial score (nSPS) is 12.5. The van der Waals surface area contributed by atoms with Crippen molar-refractivity contribution in [1.29, 1.82) is 0 Å². The molecule has 0 spiro atoms. The van der Waals surface area contributed by atoms with Crippen LogP contribution >= 0.6 is 11.6 Å². The lowest BCUT2D eigenvalue weighted by molar-refractivity contribution is 0.471. The van der Waals surface area contributed by atoms with E-state index in [1.807, 2.05) is 0 Å². The van der Waals surface area contributed by atoms with Gasteiger partial charge >= 0.3 is 0 Å². The quantitative estimate of drug-likeness (QED) is 0.716. The summed E-state index contributed by atoms with van der Waals surface area (Å²) in [7, 11) is 0. The number of hydrogen-bond acceptors (Lipinski definition) is 1. The first-order chi connectivity index (χ1) is 8.17. The van der Waals surface area contributed by atoms with Crippen LogP contribution in [0.15, 0.2) is 18.2 Å². The zero-order chi connectivity index (χ0) is 12.7. The van der Waals surface area contributed by atoms with Gasteiger partial charge in [-0.25, -0.2) is 4.39 Å². The van der Waals surface area contributed by atoms with Crippen molar-refractivity contribution in [3.8, 4) is 0 Å². The van der Waals surface area contributed by atoms with E-state index >= 15 is 0 Å². The first-order valence-corrected chi connectivity index (χ1v) is 6.74. The molecule has 0 aliphatic heterocycles. The molecule has 0 fully saturated rings. The highest BCUT2D eigenvalue weighted by molar-refractivity contribution is 6.30. The van der Waals surface area contributed by atoms with Crippen molar-refractivity contribution >= 4 is 17.3 Å². The SMILES string of the molecule is CCCCC(CC)CNc1cc(Cl)ccc1F. The number of benzene rings is 1. The van der Waals surface area contributed by atoms with E-state index in [9.17, 15) is 4.39 Å². The molecular weight excluding hydrogens is 237 g/mol. The molecule has 0 aliphatic rings. The van der Waals surface area contributed by atoms with Gasteiger partial charge in [0.1, 0.15) is 5.82 Å². The molecule has 0 bridgehead atoms. The Labute approximate surface area is 108 Å². The fourth-order valence-corrected chi connectivity index (χ4v) is 2.00. The molecule has 1 aromatic rings. The van der Waals surface area contributed by atoms with Gasteiger partial charge in [0.15, 0.2) is 0 Å². The number of nitrogens with one attached hydrogen (secondary N) is 1. The largest absolute Gasteiger partial charge is 0.382 e. The third-order valence-electron chi connectivity index (χ3n) is 3.05. The Bertz CT molecular complexity index is 341. The molecule has 0 amide bonds. The second kappa shape index (κ2) is 7.54. The highest BCUT2D eigenvalue weighted by atomic mass is 35.5. The Morgan fingerprint density at radius 3 is 2.76 bits per heavy atom. The molecule has 1 aromatic carbocycles. The van der Waals surface area contributed by atoms with E-state index in [-0.39, 0.29) is 5.82 Å². The van der Waals surface area contributed by atoms with Crippen LogP contribution in [0.4, 0.5) is 10.1 Å². The molecule has 1 atom stereocenters. The number of hydrogen-bond donors (Lipinski definition) is 1. The standard InChI is InChI=1S/C14H21ClFN/c1-3-5-6-11(4-2)10-17-14-9-12(15)7-8-13(14)16/h7-9,11,17H,3-6,10H2,1-2H3. The zero-order valence-electron chi connectivity index (χ0n) is 10.6. The van der Waals surface area contributed by atoms with Crippen LogP contribution in [0.2, 0.25) is 5.02 Å². The maximum Gasteiger partial charge on any atom is 0.146 e. The Hall–Kier alpha value is -0.760. The first-order valence-electron chi connectivity index (χ1n) is 6.36. The molecule has 0 saturated heterocycles. The van der Waals surface area contributed by atoms with Crippen LogP contribution in [0.1, 0.15) is 39.5 Å². The predicted octanol–water partition coefficient (Wildman–Crippen LogP) is 5.11. The lowest BCUT2D eigenvalue weighted by Crippen LogP contribution is -2.14. The summed E-state index contributed by atoms with van der Waals surface area (Å²) < 4.78 is 13.5. The third kappa shape index (κ3) is 4.95. The van der Waals surface area contributed by atoms with Crippen molar-refractivity contribution in [2.24, 2.45) is 5.92 Å². The molecule has 1 N–H and O–H groups in total. The minimum absolute atomic E-state index is 0.236. The van der Waals surface area contributed by atoms with Crippen LogP contribution in [0.3, 0.4) is 0 Å². The fraction of sp³-hybridized carbons (Fsp3) is 0.571. The van der Waals surface area contributed by atoms with Crippen LogP contribution in [0.25, 0.3) is 0 Å². The minimum Gasteiger partial charge on any atom is -0.382 e. The van der Waals surface area contributed by atoms with Gasteiger partial charge in [-0.1, -0.05) is 44.7 Å². The van der Waals surface area contributed by atoms with Crippen molar-refractivity contribution in [3.63, 3.8) is 0 Å². The van der Waals surface area contributed by atoms with E-state index in [1.54, 1.807) is 12.1 Å². The fourth-order valence-electron chi connectivity index (χ4n) is 1.83. The van der Waals surface area contributed by atoms with Gasteiger partial charge in [0.05, 0.1) is 5.69 Å². The van der Waals surface area contributed by atoms with E-state index in [0.717, 1.165) is 13.0 Å². The minimum atomic E-state index is -0.236. The summed E-state index contributed by atoms with van der Waals surface area (Å²) in [6.07, 6.45) is 4.76. The van der Waals surface area contributed by atoms with Crippen molar-refractivity contribution in [3.05, 3.63) is 29.0 Å². The topological polar surface area (TPSA) is 12.0 Å². The van der Waals surface area contributed by atoms with Gasteiger partial charge in [0.25, 0.3) is 0 Å². The van der Waals surface area contributed by atoms with Crippen molar-refractivity contribution in [2.45, 2.75) is 39.5 Å². The lowest BCUT2D eigenvalue weighted by atomic mass is 9.99. The van der Waals surface area contributed by atoms with Crippen molar-refractivity contribution in [2.75, 3.05) is 11.9 Å². The first kappa shape index (κ1) is 14.3. The van der Waals surface area contributed by atoms with Gasteiger partial charge in [-0.2, -0.15) is 0 Å². The number of rotatable bonds is 7. The summed E-state index contributed by atoms with van der Waals surface area (Å²) in [5, 5.41) is 3.72. The van der Waals surface area contributed by atoms with Crippen LogP contribution in [0.5, 0.6) is 0 Å². The van der Waals surface area contributed by atoms with E-state index in [1.165, 1.54) is 25.3 Å². The maximum absolute atomic E-state index is 13.5. The van der Waals surface area contributed by atoms with Crippen molar-refractivity contribution < 1.29 is 4.39 Å². The molecule has 96 valence electrons. The number of halogens is 2. The lowest BCUT2D eigenvalue weighted by Gasteiger charge is -2.16. The second-order valence-electron chi connectivity index (χ2n) is 4.42. The highest BCUT2D eigenvalue weighted by Crippen LogP contribution is 2.21. The highest BCUT2D eigenvalue weighted by Gasteiger charge is 2.08. The molecule has 3 heteroatoms. The summed E-state index contributed by atoms with van der Waals surface area (Å²) in [5.41, 5.74) is 0.507. The van der Waals surface area contributed by atoms with E-state index in [0.29, 0.717) is 16.6 Å². The summed E-state index contributed by atoms with van der Waals surface area (Å²) in [4.78, 5) is 0. The van der Waals surface area contributed by atoms with Gasteiger partial charge in [0, 0.05) is 11.6 Å². The molecule has 0 aliphatic carbocycles. The monoisotopic (exact) mass is 257 g/mol. The van der Waals surface area contributed by atoms with Gasteiger partial charge in [-0.05, 0) is 30.5 Å². The predicted molar refractivity (Wildman–Crippen MR) is 73.2 cm³/mol. The van der Waals surface area contributed by atoms with Crippen molar-refractivity contribution in [1.82, 2.24) is 0 Å². The summed E-state index contributed by atoms with van der Waals surface area (Å²) in [6.45, 7) is 5.18. The molecule has 0 aromatic heterocycles. The maximum atomic E-state index is 13.5. The van der Waals surface area contributed by atoms with Crippen LogP contribution in [-0.4, -0.2) is 6.54 Å². The number of anilines is 1. The smallest absolute Gasteiger partial charge is 0.146 e. The van der Waals surface area contributed by atoms with E-state index in [2.05, 4.69) is 19.2 Å². The summed E-state index contributed by atoms with van der Waals surface area (Å²) in [5.74, 6) is 0.369. The summed E-state index contributed by atoms with van der Waals surface area (Å²) >= 11 is 5.84. The van der Waals surface area contributed by atoms with E-state index < -0.39 is 0 Å². The average molecular weight is 258 g/mol. The molecule has 0 heterocycles. The van der Waals surface area contributed by atoms with Gasteiger partial charge in [0.2, 0.25) is 0 Å². The van der Waals surface area contributed by atoms with Gasteiger partial charge in [-0.15, -0.1) is 0 Å². The Balaban J connectivity index is 2.50. The molecule has 0 saturated carbocycles. The van der Waals surface area contributed by atoms with Crippen LogP contribution in [0, 0.1) is 11.7 Å². The molecule has 17 heavy (non-hydrogen) atoms. The second-order valence-corrected chi connectivity index (χ2v) is 4.86. The van der Waals surface area contributed by atoms with E-state index in [4.69, 9.17) is 11.6 Å². The molecule has 1 unspecified atom stereocenters. The van der Waals surface area contributed by atoms with Gasteiger partial charge < -0.3 is 5.32 Å². The Kier molecular flexibility index (Phi) is 6.35. The molecule has 0 radical (unpaired) electrons. The summed E-state index contributed by atoms with van der Waals surface area (Å²) in [6, 6.07) is 4.61. The van der Waals surface area contributed by atoms with Crippen LogP contribution in [-0.2, 0) is 0 Å². The number of unbranched alkanes of at least 4 members (excludes halogenated alkanes) is 1. The average Bonchev–Trinajstić information content (AvgIpc) is 2.33. The Morgan fingerprint density at radius 2 is 2.12 bits per heavy atom. The van der Waals surface area contributed by atoms with Crippen LogP contribution < -0.4 is 5.32 Å². The van der Waals surface area contributed by atoms with Gasteiger partial charge in [-0.3, -0.25) is 0 Å². The third-order valence-corrected chi connectivity index (χ3v) is 3.29. The molecule has 1 nitrogen and oxygen atoms in total. The zero-order valence-corrected chi connectivity index (χ0v) is 11.4. The Morgan fingerprint density at radius 1 is 1.35 bits per heavy atom. The molecular formula is C14H21ClFN.